The Balaban J connectivity index is 1.82. The molecule has 1 fully saturated rings. The number of para-hydroxylation sites is 1. The minimum atomic E-state index is -0.157. The van der Waals surface area contributed by atoms with Crippen LogP contribution in [0, 0.1) is 0 Å². The summed E-state index contributed by atoms with van der Waals surface area (Å²) in [5.74, 6) is 0.646. The second kappa shape index (κ2) is 5.70. The minimum absolute atomic E-state index is 0.0121. The molecule has 2 aromatic rings. The number of fused-ring (bicyclic) bond motifs is 1. The van der Waals surface area contributed by atoms with Crippen molar-refractivity contribution < 1.29 is 9.84 Å². The number of benzene rings is 1. The standard InChI is InChI=1S/C14H17N3O3/c18-9-10-7-17(5-6-20-10)8-13-15-12-4-2-1-3-11(12)14(19)16-13/h1-4,10,18H,5-9H2,(H,15,16,19). The Labute approximate surface area is 116 Å². The topological polar surface area (TPSA) is 78.5 Å². The van der Waals surface area contributed by atoms with E-state index in [4.69, 9.17) is 9.84 Å². The molecule has 1 saturated heterocycles. The van der Waals surface area contributed by atoms with Crippen molar-refractivity contribution in [3.8, 4) is 0 Å². The molecule has 1 aromatic carbocycles. The van der Waals surface area contributed by atoms with Crippen LogP contribution in [-0.4, -0.2) is 52.4 Å². The molecule has 6 nitrogen and oxygen atoms in total. The van der Waals surface area contributed by atoms with Crippen molar-refractivity contribution >= 4 is 10.9 Å². The average molecular weight is 275 g/mol. The molecule has 0 bridgehead atoms. The van der Waals surface area contributed by atoms with Gasteiger partial charge in [0, 0.05) is 13.1 Å². The molecule has 106 valence electrons. The zero-order valence-corrected chi connectivity index (χ0v) is 11.1. The summed E-state index contributed by atoms with van der Waals surface area (Å²) in [6.07, 6.45) is -0.157. The smallest absolute Gasteiger partial charge is 0.258 e. The third kappa shape index (κ3) is 2.72. The minimum Gasteiger partial charge on any atom is -0.394 e. The summed E-state index contributed by atoms with van der Waals surface area (Å²) in [5.41, 5.74) is 0.593. The summed E-state index contributed by atoms with van der Waals surface area (Å²) in [5, 5.41) is 9.74. The van der Waals surface area contributed by atoms with Gasteiger partial charge in [-0.2, -0.15) is 0 Å². The number of aromatic nitrogens is 2. The van der Waals surface area contributed by atoms with Gasteiger partial charge in [-0.3, -0.25) is 9.69 Å². The number of nitrogens with zero attached hydrogens (tertiary/aromatic N) is 2. The number of nitrogens with one attached hydrogen (secondary N) is 1. The van der Waals surface area contributed by atoms with Crippen molar-refractivity contribution in [1.82, 2.24) is 14.9 Å². The third-order valence-electron chi connectivity index (χ3n) is 3.46. The lowest BCUT2D eigenvalue weighted by atomic mass is 10.2. The molecular weight excluding hydrogens is 258 g/mol. The monoisotopic (exact) mass is 275 g/mol. The zero-order chi connectivity index (χ0) is 13.9. The van der Waals surface area contributed by atoms with E-state index >= 15 is 0 Å². The Kier molecular flexibility index (Phi) is 3.77. The maximum atomic E-state index is 12.0. The Morgan fingerprint density at radius 2 is 2.30 bits per heavy atom. The molecule has 1 unspecified atom stereocenters. The van der Waals surface area contributed by atoms with Crippen molar-refractivity contribution in [3.63, 3.8) is 0 Å². The van der Waals surface area contributed by atoms with Crippen LogP contribution in [0.4, 0.5) is 0 Å². The normalized spacial score (nSPS) is 20.4. The van der Waals surface area contributed by atoms with Crippen molar-refractivity contribution in [3.05, 3.63) is 40.4 Å². The lowest BCUT2D eigenvalue weighted by molar-refractivity contribution is -0.0556. The number of ether oxygens (including phenoxy) is 1. The first-order valence-electron chi connectivity index (χ1n) is 6.69. The summed E-state index contributed by atoms with van der Waals surface area (Å²) in [6, 6.07) is 7.30. The van der Waals surface area contributed by atoms with Gasteiger partial charge in [0.25, 0.3) is 5.56 Å². The zero-order valence-electron chi connectivity index (χ0n) is 11.1. The number of aromatic amines is 1. The molecule has 0 aliphatic carbocycles. The Hall–Kier alpha value is -1.76. The van der Waals surface area contributed by atoms with Crippen LogP contribution in [0.3, 0.4) is 0 Å². The first-order chi connectivity index (χ1) is 9.76. The Morgan fingerprint density at radius 1 is 1.45 bits per heavy atom. The van der Waals surface area contributed by atoms with Gasteiger partial charge in [0.15, 0.2) is 0 Å². The van der Waals surface area contributed by atoms with Gasteiger partial charge in [0.05, 0.1) is 36.8 Å². The van der Waals surface area contributed by atoms with E-state index in [2.05, 4.69) is 14.9 Å². The van der Waals surface area contributed by atoms with Crippen LogP contribution >= 0.6 is 0 Å². The van der Waals surface area contributed by atoms with E-state index in [1.54, 1.807) is 6.07 Å². The predicted octanol–water partition coefficient (Wildman–Crippen LogP) is 0.116. The van der Waals surface area contributed by atoms with Crippen LogP contribution in [0.15, 0.2) is 29.1 Å². The number of H-pyrrole nitrogens is 1. The predicted molar refractivity (Wildman–Crippen MR) is 74.5 cm³/mol. The molecule has 2 N–H and O–H groups in total. The lowest BCUT2D eigenvalue weighted by Crippen LogP contribution is -2.43. The second-order valence-electron chi connectivity index (χ2n) is 4.94. The van der Waals surface area contributed by atoms with Gasteiger partial charge in [-0.05, 0) is 12.1 Å². The molecule has 6 heteroatoms. The molecule has 0 spiro atoms. The maximum absolute atomic E-state index is 12.0. The van der Waals surface area contributed by atoms with Gasteiger partial charge in [0.2, 0.25) is 0 Å². The number of rotatable bonds is 3. The third-order valence-corrected chi connectivity index (χ3v) is 3.46. The van der Waals surface area contributed by atoms with Gasteiger partial charge < -0.3 is 14.8 Å². The maximum Gasteiger partial charge on any atom is 0.258 e. The van der Waals surface area contributed by atoms with Gasteiger partial charge in [-0.1, -0.05) is 12.1 Å². The van der Waals surface area contributed by atoms with Crippen LogP contribution in [0.25, 0.3) is 10.9 Å². The highest BCUT2D eigenvalue weighted by Crippen LogP contribution is 2.10. The van der Waals surface area contributed by atoms with Gasteiger partial charge >= 0.3 is 0 Å². The number of aliphatic hydroxyl groups is 1. The molecule has 2 heterocycles. The Bertz CT molecular complexity index is 655. The summed E-state index contributed by atoms with van der Waals surface area (Å²) in [4.78, 5) is 21.4. The van der Waals surface area contributed by atoms with Crippen LogP contribution in [-0.2, 0) is 11.3 Å². The van der Waals surface area contributed by atoms with E-state index in [1.165, 1.54) is 0 Å². The lowest BCUT2D eigenvalue weighted by Gasteiger charge is -2.31. The van der Waals surface area contributed by atoms with Gasteiger partial charge in [0.1, 0.15) is 5.82 Å². The number of morpholine rings is 1. The number of hydrogen-bond acceptors (Lipinski definition) is 5. The highest BCUT2D eigenvalue weighted by atomic mass is 16.5. The summed E-state index contributed by atoms with van der Waals surface area (Å²) >= 11 is 0. The van der Waals surface area contributed by atoms with Crippen LogP contribution in [0.2, 0.25) is 0 Å². The summed E-state index contributed by atoms with van der Waals surface area (Å²) in [7, 11) is 0. The molecule has 1 atom stereocenters. The molecule has 0 saturated carbocycles. The SMILES string of the molecule is O=c1[nH]c(CN2CCOC(CO)C2)nc2ccccc12. The number of aliphatic hydroxyl groups excluding tert-OH is 1. The average Bonchev–Trinajstić information content (AvgIpc) is 2.47. The highest BCUT2D eigenvalue weighted by molar-refractivity contribution is 5.77. The molecular formula is C14H17N3O3. The van der Waals surface area contributed by atoms with Crippen LogP contribution in [0.5, 0.6) is 0 Å². The Morgan fingerprint density at radius 3 is 3.15 bits per heavy atom. The largest absolute Gasteiger partial charge is 0.394 e. The van der Waals surface area contributed by atoms with E-state index in [0.717, 1.165) is 6.54 Å². The quantitative estimate of drug-likeness (QED) is 0.831. The van der Waals surface area contributed by atoms with Crippen LogP contribution < -0.4 is 5.56 Å². The van der Waals surface area contributed by atoms with Crippen molar-refractivity contribution in [2.75, 3.05) is 26.3 Å². The van der Waals surface area contributed by atoms with E-state index < -0.39 is 0 Å². The van der Waals surface area contributed by atoms with E-state index in [9.17, 15) is 4.79 Å². The molecule has 20 heavy (non-hydrogen) atoms. The van der Waals surface area contributed by atoms with Crippen molar-refractivity contribution in [2.24, 2.45) is 0 Å². The molecule has 0 radical (unpaired) electrons. The summed E-state index contributed by atoms with van der Waals surface area (Å²) in [6.45, 7) is 2.57. The molecule has 0 amide bonds. The highest BCUT2D eigenvalue weighted by Gasteiger charge is 2.20. The molecule has 1 aromatic heterocycles. The molecule has 3 rings (SSSR count). The first-order valence-corrected chi connectivity index (χ1v) is 6.69. The fraction of sp³-hybridized carbons (Fsp3) is 0.429. The molecule has 1 aliphatic rings. The van der Waals surface area contributed by atoms with Crippen LogP contribution in [0.1, 0.15) is 5.82 Å². The fourth-order valence-corrected chi connectivity index (χ4v) is 2.46. The van der Waals surface area contributed by atoms with Gasteiger partial charge in [-0.15, -0.1) is 0 Å². The van der Waals surface area contributed by atoms with Crippen molar-refractivity contribution in [1.29, 1.82) is 0 Å². The molecule has 1 aliphatic heterocycles. The fourth-order valence-electron chi connectivity index (χ4n) is 2.46. The van der Waals surface area contributed by atoms with Gasteiger partial charge in [-0.25, -0.2) is 4.98 Å². The number of hydrogen-bond donors (Lipinski definition) is 2. The van der Waals surface area contributed by atoms with E-state index in [1.807, 2.05) is 18.2 Å². The summed E-state index contributed by atoms with van der Waals surface area (Å²) < 4.78 is 5.41. The van der Waals surface area contributed by atoms with E-state index in [-0.39, 0.29) is 18.3 Å². The van der Waals surface area contributed by atoms with E-state index in [0.29, 0.717) is 36.4 Å². The van der Waals surface area contributed by atoms with Crippen molar-refractivity contribution in [2.45, 2.75) is 12.6 Å². The second-order valence-corrected chi connectivity index (χ2v) is 4.94. The first kappa shape index (κ1) is 13.2.